The Hall–Kier alpha value is -3.67. The molecule has 2 aromatic heterocycles. The van der Waals surface area contributed by atoms with Crippen LogP contribution in [0.2, 0.25) is 0 Å². The zero-order valence-electron chi connectivity index (χ0n) is 13.1. The summed E-state index contributed by atoms with van der Waals surface area (Å²) >= 11 is 0. The van der Waals surface area contributed by atoms with Crippen LogP contribution in [0.15, 0.2) is 71.3 Å². The van der Waals surface area contributed by atoms with Gasteiger partial charge in [0, 0.05) is 29.6 Å². The van der Waals surface area contributed by atoms with Crippen molar-refractivity contribution in [1.29, 1.82) is 0 Å². The largest absolute Gasteiger partial charge is 0.437 e. The number of amides is 1. The van der Waals surface area contributed by atoms with E-state index in [4.69, 9.17) is 4.42 Å². The highest BCUT2D eigenvalue weighted by Crippen LogP contribution is 2.20. The van der Waals surface area contributed by atoms with Gasteiger partial charge in [-0.2, -0.15) is 5.10 Å². The third-order valence-electron chi connectivity index (χ3n) is 3.63. The summed E-state index contributed by atoms with van der Waals surface area (Å²) in [5, 5.41) is 9.64. The van der Waals surface area contributed by atoms with E-state index in [1.165, 1.54) is 6.08 Å². The fourth-order valence-corrected chi connectivity index (χ4v) is 2.47. The highest BCUT2D eigenvalue weighted by atomic mass is 16.3. The summed E-state index contributed by atoms with van der Waals surface area (Å²) in [6.07, 6.45) is 4.63. The minimum Gasteiger partial charge on any atom is -0.437 e. The van der Waals surface area contributed by atoms with Crippen LogP contribution in [0, 0.1) is 0 Å². The average molecular weight is 330 g/mol. The number of oxazole rings is 1. The summed E-state index contributed by atoms with van der Waals surface area (Å²) in [7, 11) is 0. The summed E-state index contributed by atoms with van der Waals surface area (Å²) in [5.74, 6) is 0.131. The Balaban J connectivity index is 1.47. The number of H-pyrrole nitrogens is 1. The van der Waals surface area contributed by atoms with E-state index >= 15 is 0 Å². The lowest BCUT2D eigenvalue weighted by atomic mass is 10.1. The van der Waals surface area contributed by atoms with E-state index in [1.54, 1.807) is 12.3 Å². The fourth-order valence-electron chi connectivity index (χ4n) is 2.47. The second-order valence-corrected chi connectivity index (χ2v) is 5.39. The van der Waals surface area contributed by atoms with E-state index in [-0.39, 0.29) is 5.91 Å². The fraction of sp³-hybridized carbons (Fsp3) is 0. The summed E-state index contributed by atoms with van der Waals surface area (Å²) in [6.45, 7) is 0. The molecule has 4 rings (SSSR count). The lowest BCUT2D eigenvalue weighted by Crippen LogP contribution is -2.07. The van der Waals surface area contributed by atoms with Crippen LogP contribution in [0.5, 0.6) is 0 Å². The number of carbonyl (C=O) groups excluding carboxylic acids is 1. The molecule has 0 spiro atoms. The molecular formula is C19H14N4O2. The van der Waals surface area contributed by atoms with Crippen molar-refractivity contribution in [1.82, 2.24) is 15.2 Å². The van der Waals surface area contributed by atoms with Crippen LogP contribution in [-0.4, -0.2) is 21.1 Å². The van der Waals surface area contributed by atoms with E-state index in [0.29, 0.717) is 17.2 Å². The third kappa shape index (κ3) is 3.32. The van der Waals surface area contributed by atoms with Crippen LogP contribution in [0.3, 0.4) is 0 Å². The van der Waals surface area contributed by atoms with Gasteiger partial charge in [0.25, 0.3) is 0 Å². The van der Waals surface area contributed by atoms with Gasteiger partial charge in [-0.25, -0.2) is 4.98 Å². The van der Waals surface area contributed by atoms with Crippen molar-refractivity contribution in [3.05, 3.63) is 72.8 Å². The van der Waals surface area contributed by atoms with Crippen molar-refractivity contribution in [3.8, 4) is 11.3 Å². The Labute approximate surface area is 143 Å². The number of benzene rings is 2. The first kappa shape index (κ1) is 14.9. The van der Waals surface area contributed by atoms with E-state index < -0.39 is 0 Å². The molecule has 2 aromatic carbocycles. The molecule has 0 unspecified atom stereocenters. The molecule has 6 nitrogen and oxygen atoms in total. The van der Waals surface area contributed by atoms with E-state index in [0.717, 1.165) is 16.8 Å². The lowest BCUT2D eigenvalue weighted by molar-refractivity contribution is -0.111. The van der Waals surface area contributed by atoms with Gasteiger partial charge in [0.1, 0.15) is 5.52 Å². The molecule has 0 aliphatic rings. The number of rotatable bonds is 4. The van der Waals surface area contributed by atoms with Crippen molar-refractivity contribution in [2.24, 2.45) is 0 Å². The minimum atomic E-state index is -0.260. The second-order valence-electron chi connectivity index (χ2n) is 5.39. The molecule has 2 N–H and O–H groups in total. The number of fused-ring (bicyclic) bond motifs is 1. The number of hydrogen-bond donors (Lipinski definition) is 2. The van der Waals surface area contributed by atoms with E-state index in [2.05, 4.69) is 20.5 Å². The summed E-state index contributed by atoms with van der Waals surface area (Å²) in [4.78, 5) is 16.4. The SMILES string of the molecule is O=C(/C=C/c1nc2ccccc2o1)Nc1cccc(-c2ccn[nH]2)c1. The number of aromatic nitrogens is 3. The Bertz CT molecular complexity index is 1020. The Morgan fingerprint density at radius 1 is 1.12 bits per heavy atom. The smallest absolute Gasteiger partial charge is 0.248 e. The van der Waals surface area contributed by atoms with Gasteiger partial charge >= 0.3 is 0 Å². The van der Waals surface area contributed by atoms with Crippen LogP contribution in [-0.2, 0) is 4.79 Å². The molecule has 0 aliphatic heterocycles. The molecular weight excluding hydrogens is 316 g/mol. The van der Waals surface area contributed by atoms with Crippen molar-refractivity contribution in [2.45, 2.75) is 0 Å². The molecule has 6 heteroatoms. The predicted molar refractivity (Wildman–Crippen MR) is 95.7 cm³/mol. The Kier molecular flexibility index (Phi) is 3.84. The second kappa shape index (κ2) is 6.45. The maximum absolute atomic E-state index is 12.1. The molecule has 0 atom stereocenters. The van der Waals surface area contributed by atoms with Gasteiger partial charge in [-0.1, -0.05) is 24.3 Å². The first-order valence-corrected chi connectivity index (χ1v) is 7.72. The first-order chi connectivity index (χ1) is 12.3. The van der Waals surface area contributed by atoms with Gasteiger partial charge < -0.3 is 9.73 Å². The van der Waals surface area contributed by atoms with Crippen LogP contribution in [0.25, 0.3) is 28.4 Å². The minimum absolute atomic E-state index is 0.260. The number of para-hydroxylation sites is 2. The number of nitrogens with zero attached hydrogens (tertiary/aromatic N) is 2. The standard InChI is InChI=1S/C19H14N4O2/c24-18(8-9-19-22-16-6-1-2-7-17(16)25-19)21-14-5-3-4-13(12-14)15-10-11-20-23-15/h1-12H,(H,20,23)(H,21,24)/b9-8+. The number of anilines is 1. The van der Waals surface area contributed by atoms with E-state index in [9.17, 15) is 4.79 Å². The average Bonchev–Trinajstić information content (AvgIpc) is 3.29. The van der Waals surface area contributed by atoms with Gasteiger partial charge in [-0.05, 0) is 30.3 Å². The summed E-state index contributed by atoms with van der Waals surface area (Å²) < 4.78 is 5.55. The monoisotopic (exact) mass is 330 g/mol. The first-order valence-electron chi connectivity index (χ1n) is 7.72. The maximum atomic E-state index is 12.1. The van der Waals surface area contributed by atoms with E-state index in [1.807, 2.05) is 54.6 Å². The van der Waals surface area contributed by atoms with Gasteiger partial charge in [-0.3, -0.25) is 9.89 Å². The van der Waals surface area contributed by atoms with Gasteiger partial charge in [0.15, 0.2) is 5.58 Å². The van der Waals surface area contributed by atoms with Crippen LogP contribution in [0.4, 0.5) is 5.69 Å². The number of hydrogen-bond acceptors (Lipinski definition) is 4. The number of carbonyl (C=O) groups is 1. The van der Waals surface area contributed by atoms with Crippen molar-refractivity contribution >= 4 is 28.8 Å². The van der Waals surface area contributed by atoms with Crippen molar-refractivity contribution < 1.29 is 9.21 Å². The maximum Gasteiger partial charge on any atom is 0.248 e. The van der Waals surface area contributed by atoms with Gasteiger partial charge in [0.05, 0.1) is 5.69 Å². The summed E-state index contributed by atoms with van der Waals surface area (Å²) in [6, 6.07) is 16.8. The molecule has 4 aromatic rings. The molecule has 0 saturated carbocycles. The Morgan fingerprint density at radius 2 is 2.04 bits per heavy atom. The zero-order valence-corrected chi connectivity index (χ0v) is 13.1. The van der Waals surface area contributed by atoms with Crippen LogP contribution in [0.1, 0.15) is 5.89 Å². The normalized spacial score (nSPS) is 11.2. The molecule has 122 valence electrons. The van der Waals surface area contributed by atoms with Crippen LogP contribution < -0.4 is 5.32 Å². The van der Waals surface area contributed by atoms with Gasteiger partial charge in [0.2, 0.25) is 11.8 Å². The zero-order chi connectivity index (χ0) is 17.1. The van der Waals surface area contributed by atoms with Crippen LogP contribution >= 0.6 is 0 Å². The molecule has 0 fully saturated rings. The molecule has 1 amide bonds. The molecule has 0 aliphatic carbocycles. The quantitative estimate of drug-likeness (QED) is 0.556. The summed E-state index contributed by atoms with van der Waals surface area (Å²) in [5.41, 5.74) is 3.97. The topological polar surface area (TPSA) is 83.8 Å². The molecule has 0 radical (unpaired) electrons. The van der Waals surface area contributed by atoms with Crippen molar-refractivity contribution in [2.75, 3.05) is 5.32 Å². The molecule has 25 heavy (non-hydrogen) atoms. The van der Waals surface area contributed by atoms with Gasteiger partial charge in [-0.15, -0.1) is 0 Å². The molecule has 0 bridgehead atoms. The molecule has 2 heterocycles. The highest BCUT2D eigenvalue weighted by Gasteiger charge is 2.04. The molecule has 0 saturated heterocycles. The predicted octanol–water partition coefficient (Wildman–Crippen LogP) is 3.87. The highest BCUT2D eigenvalue weighted by molar-refractivity contribution is 6.02. The third-order valence-corrected chi connectivity index (χ3v) is 3.63. The number of nitrogens with one attached hydrogen (secondary N) is 2. The lowest BCUT2D eigenvalue weighted by Gasteiger charge is -2.04. The number of aromatic amines is 1. The Morgan fingerprint density at radius 3 is 2.88 bits per heavy atom. The van der Waals surface area contributed by atoms with Crippen molar-refractivity contribution in [3.63, 3.8) is 0 Å².